The van der Waals surface area contributed by atoms with Gasteiger partial charge in [0, 0.05) is 23.2 Å². The van der Waals surface area contributed by atoms with Crippen molar-refractivity contribution in [3.63, 3.8) is 0 Å². The lowest BCUT2D eigenvalue weighted by atomic mass is 9.78. The second kappa shape index (κ2) is 11.6. The normalized spacial score (nSPS) is 17.4. The Bertz CT molecular complexity index is 1710. The Morgan fingerprint density at radius 2 is 1.54 bits per heavy atom. The summed E-state index contributed by atoms with van der Waals surface area (Å²) >= 11 is 0. The Hall–Kier alpha value is -5.06. The summed E-state index contributed by atoms with van der Waals surface area (Å²) < 4.78 is 6.54. The van der Waals surface area contributed by atoms with E-state index >= 15 is 0 Å². The maximum atomic E-state index is 9.54. The molecule has 4 aromatic rings. The highest BCUT2D eigenvalue weighted by molar-refractivity contribution is 5.98. The number of rotatable bonds is 5. The van der Waals surface area contributed by atoms with Crippen LogP contribution in [0, 0.1) is 17.9 Å². The molecule has 0 unspecified atom stereocenters. The Morgan fingerprint density at radius 3 is 2.29 bits per heavy atom. The third-order valence-corrected chi connectivity index (χ3v) is 8.06. The Balaban J connectivity index is 1.32. The zero-order chi connectivity index (χ0) is 28.1. The summed E-state index contributed by atoms with van der Waals surface area (Å²) in [6.45, 7) is 7.48. The first kappa shape index (κ1) is 26.2. The number of nitrogens with zero attached hydrogens (tertiary/aromatic N) is 3. The highest BCUT2D eigenvalue weighted by Gasteiger charge is 2.38. The molecular weight excluding hydrogens is 502 g/mol. The number of allylic oxidation sites excluding steroid dienone is 3. The second-order valence-corrected chi connectivity index (χ2v) is 10.8. The summed E-state index contributed by atoms with van der Waals surface area (Å²) in [5.74, 6) is 0.718. The van der Waals surface area contributed by atoms with E-state index in [0.29, 0.717) is 6.42 Å². The molecule has 4 nitrogen and oxygen atoms in total. The summed E-state index contributed by atoms with van der Waals surface area (Å²) in [6.07, 6.45) is 11.9. The van der Waals surface area contributed by atoms with Crippen molar-refractivity contribution in [1.82, 2.24) is 0 Å². The summed E-state index contributed by atoms with van der Waals surface area (Å²) in [7, 11) is 0. The average molecular weight is 534 g/mol. The molecule has 0 saturated heterocycles. The molecule has 1 fully saturated rings. The Morgan fingerprint density at radius 1 is 0.829 bits per heavy atom. The fourth-order valence-corrected chi connectivity index (χ4v) is 6.08. The van der Waals surface area contributed by atoms with Gasteiger partial charge in [-0.25, -0.2) is 10.1 Å². The molecule has 0 N–H and O–H groups in total. The average Bonchev–Trinajstić information content (AvgIpc) is 3.02. The van der Waals surface area contributed by atoms with E-state index in [-0.39, 0.29) is 11.3 Å². The summed E-state index contributed by atoms with van der Waals surface area (Å²) in [5.41, 5.74) is 4.99. The van der Waals surface area contributed by atoms with E-state index in [9.17, 15) is 5.26 Å². The lowest BCUT2D eigenvalue weighted by Crippen LogP contribution is -2.37. The minimum absolute atomic E-state index is 0.169. The van der Waals surface area contributed by atoms with E-state index in [1.807, 2.05) is 24.3 Å². The van der Waals surface area contributed by atoms with Crippen LogP contribution in [0.3, 0.4) is 0 Å². The van der Waals surface area contributed by atoms with Crippen LogP contribution >= 0.6 is 0 Å². The molecular formula is C37H31N3O. The summed E-state index contributed by atoms with van der Waals surface area (Å²) in [4.78, 5) is 5.79. The molecule has 200 valence electrons. The van der Waals surface area contributed by atoms with Crippen molar-refractivity contribution in [2.24, 2.45) is 0 Å². The van der Waals surface area contributed by atoms with Gasteiger partial charge >= 0.3 is 0 Å². The molecule has 1 heterocycles. The minimum atomic E-state index is -0.312. The van der Waals surface area contributed by atoms with E-state index in [1.165, 1.54) is 17.2 Å². The van der Waals surface area contributed by atoms with Gasteiger partial charge in [0.2, 0.25) is 0 Å². The monoisotopic (exact) mass is 533 g/mol. The molecule has 0 radical (unpaired) electrons. The smallest absolute Gasteiger partial charge is 0.265 e. The van der Waals surface area contributed by atoms with Crippen molar-refractivity contribution in [3.8, 4) is 6.07 Å². The lowest BCUT2D eigenvalue weighted by molar-refractivity contribution is -0.0285. The molecule has 2 aliphatic rings. The predicted molar refractivity (Wildman–Crippen MR) is 167 cm³/mol. The van der Waals surface area contributed by atoms with Gasteiger partial charge in [0.1, 0.15) is 11.4 Å². The zero-order valence-electron chi connectivity index (χ0n) is 23.0. The van der Waals surface area contributed by atoms with Crippen molar-refractivity contribution in [3.05, 3.63) is 143 Å². The van der Waals surface area contributed by atoms with Crippen LogP contribution in [0.1, 0.15) is 44.1 Å². The first-order valence-electron chi connectivity index (χ1n) is 14.2. The zero-order valence-corrected chi connectivity index (χ0v) is 23.0. The molecule has 41 heavy (non-hydrogen) atoms. The highest BCUT2D eigenvalue weighted by atomic mass is 16.5. The summed E-state index contributed by atoms with van der Waals surface area (Å²) in [5, 5.41) is 11.9. The van der Waals surface area contributed by atoms with Crippen molar-refractivity contribution in [1.29, 1.82) is 5.26 Å². The van der Waals surface area contributed by atoms with Crippen LogP contribution in [-0.2, 0) is 4.74 Å². The van der Waals surface area contributed by atoms with E-state index in [4.69, 9.17) is 11.3 Å². The summed E-state index contributed by atoms with van der Waals surface area (Å²) in [6, 6.07) is 35.9. The fourth-order valence-electron chi connectivity index (χ4n) is 6.08. The number of ether oxygens (including phenoxy) is 1. The third-order valence-electron chi connectivity index (χ3n) is 8.06. The largest absolute Gasteiger partial charge is 0.487 e. The van der Waals surface area contributed by atoms with Crippen molar-refractivity contribution < 1.29 is 4.74 Å². The number of benzene rings is 4. The number of hydrogen-bond acceptors (Lipinski definition) is 3. The van der Waals surface area contributed by atoms with Gasteiger partial charge in [-0.1, -0.05) is 79.2 Å². The first-order valence-corrected chi connectivity index (χ1v) is 14.2. The van der Waals surface area contributed by atoms with E-state index in [1.54, 1.807) is 0 Å². The van der Waals surface area contributed by atoms with Gasteiger partial charge in [-0.2, -0.15) is 0 Å². The number of hydrogen-bond donors (Lipinski definition) is 0. The van der Waals surface area contributed by atoms with Gasteiger partial charge in [-0.05, 0) is 84.7 Å². The molecule has 1 spiro atoms. The van der Waals surface area contributed by atoms with Crippen LogP contribution in [0.4, 0.5) is 17.1 Å². The van der Waals surface area contributed by atoms with Crippen LogP contribution in [0.25, 0.3) is 21.7 Å². The number of nitriles is 1. The topological polar surface area (TPSA) is 40.6 Å². The van der Waals surface area contributed by atoms with Crippen molar-refractivity contribution in [2.75, 3.05) is 4.90 Å². The minimum Gasteiger partial charge on any atom is -0.487 e. The van der Waals surface area contributed by atoms with Crippen LogP contribution in [0.2, 0.25) is 0 Å². The van der Waals surface area contributed by atoms with Gasteiger partial charge in [-0.3, -0.25) is 0 Å². The van der Waals surface area contributed by atoms with E-state index in [2.05, 4.69) is 107 Å². The third kappa shape index (κ3) is 5.51. The fraction of sp³-hybridized carbons (Fsp3) is 0.189. The molecule has 0 bridgehead atoms. The molecule has 0 atom stereocenters. The van der Waals surface area contributed by atoms with E-state index < -0.39 is 0 Å². The molecule has 4 heteroatoms. The maximum Gasteiger partial charge on any atom is 0.265 e. The standard InChI is InChI=1S/C37H31N3O/c1-39-35(27-38)30-25-33(41-37(26-30)23-8-3-9-24-37)22-19-28-17-20-32(21-18-28)40(31-13-4-2-5-14-31)36-16-10-12-29-11-6-7-15-34(29)36/h2,4-7,10-22,25H,3,8-9,23-24,26H2. The lowest BCUT2D eigenvalue weighted by Gasteiger charge is -2.41. The van der Waals surface area contributed by atoms with Crippen LogP contribution in [0.15, 0.2) is 126 Å². The molecule has 1 aliphatic carbocycles. The maximum absolute atomic E-state index is 9.54. The highest BCUT2D eigenvalue weighted by Crippen LogP contribution is 2.43. The molecule has 4 aromatic carbocycles. The van der Waals surface area contributed by atoms with Gasteiger partial charge < -0.3 is 9.64 Å². The second-order valence-electron chi connectivity index (χ2n) is 10.8. The number of anilines is 3. The molecule has 0 aromatic heterocycles. The molecule has 1 aliphatic heterocycles. The first-order chi connectivity index (χ1) is 20.2. The van der Waals surface area contributed by atoms with Gasteiger partial charge in [0.05, 0.1) is 18.3 Å². The predicted octanol–water partition coefficient (Wildman–Crippen LogP) is 10.0. The van der Waals surface area contributed by atoms with E-state index in [0.717, 1.165) is 59.6 Å². The Labute approximate surface area is 241 Å². The van der Waals surface area contributed by atoms with Gasteiger partial charge in [-0.15, -0.1) is 0 Å². The van der Waals surface area contributed by atoms with Crippen molar-refractivity contribution in [2.45, 2.75) is 44.1 Å². The quantitative estimate of drug-likeness (QED) is 0.189. The molecule has 1 saturated carbocycles. The number of fused-ring (bicyclic) bond motifs is 1. The van der Waals surface area contributed by atoms with Crippen LogP contribution in [-0.4, -0.2) is 5.60 Å². The molecule has 0 amide bonds. The SMILES string of the molecule is [C-]#[N+]C(C#N)=C1C=C(C=Cc2ccc(N(c3ccccc3)c3cccc4ccccc34)cc2)OC2(CCCCC2)C1. The number of para-hydroxylation sites is 1. The van der Waals surface area contributed by atoms with Gasteiger partial charge in [0.15, 0.2) is 0 Å². The molecule has 6 rings (SSSR count). The van der Waals surface area contributed by atoms with Crippen LogP contribution in [0.5, 0.6) is 0 Å². The Kier molecular flexibility index (Phi) is 7.40. The van der Waals surface area contributed by atoms with Crippen LogP contribution < -0.4 is 4.90 Å². The van der Waals surface area contributed by atoms with Crippen molar-refractivity contribution >= 4 is 33.9 Å². The van der Waals surface area contributed by atoms with Gasteiger partial charge in [0.25, 0.3) is 5.70 Å².